The van der Waals surface area contributed by atoms with Gasteiger partial charge in [-0.2, -0.15) is 14.9 Å². The van der Waals surface area contributed by atoms with Gasteiger partial charge in [-0.25, -0.2) is 14.2 Å². The van der Waals surface area contributed by atoms with Gasteiger partial charge in [0.1, 0.15) is 12.1 Å². The molecule has 0 saturated carbocycles. The Bertz CT molecular complexity index is 1660. The van der Waals surface area contributed by atoms with Crippen LogP contribution in [0.2, 0.25) is 0 Å². The summed E-state index contributed by atoms with van der Waals surface area (Å²) in [7, 11) is 0. The van der Waals surface area contributed by atoms with Crippen molar-refractivity contribution < 1.29 is 0 Å². The van der Waals surface area contributed by atoms with Gasteiger partial charge in [0.25, 0.3) is 17.2 Å². The molecule has 0 bridgehead atoms. The molecule has 0 aliphatic heterocycles. The molecule has 0 spiro atoms. The van der Waals surface area contributed by atoms with Crippen molar-refractivity contribution >= 4 is 44.5 Å². The first-order valence-corrected chi connectivity index (χ1v) is 7.64. The maximum Gasteiger partial charge on any atom is 0.333 e. The van der Waals surface area contributed by atoms with Crippen LogP contribution in [0.1, 0.15) is 11.4 Å². The molecule has 126 valence electrons. The van der Waals surface area contributed by atoms with Crippen LogP contribution in [0.15, 0.2) is 21.7 Å². The van der Waals surface area contributed by atoms with Gasteiger partial charge in [0, 0.05) is 5.39 Å². The van der Waals surface area contributed by atoms with Crippen LogP contribution in [0.4, 0.5) is 11.6 Å². The molecule has 10 heteroatoms. The first-order valence-electron chi connectivity index (χ1n) is 7.64. The van der Waals surface area contributed by atoms with Crippen LogP contribution >= 0.6 is 0 Å². The summed E-state index contributed by atoms with van der Waals surface area (Å²) in [5, 5.41) is 19.4. The van der Waals surface area contributed by atoms with Gasteiger partial charge >= 0.3 is 11.2 Å². The first kappa shape index (κ1) is 15.2. The monoisotopic (exact) mass is 362 g/mol. The number of hydrogen-bond acceptors (Lipinski definition) is 6. The Balaban J connectivity index is 2.06. The number of nitriles is 2. The Morgan fingerprint density at radius 1 is 0.857 bits per heavy atom. The largest absolute Gasteiger partial charge is 0.372 e. The predicted molar refractivity (Wildman–Crippen MR) is 95.8 cm³/mol. The number of fused-ring (bicyclic) bond motifs is 6. The SMILES string of the molecule is [C-]#[N+]c1nc2c3cc4c(=O)n5c(C#N)c(C#N)nc5c4cc3c(=O)n2c1[N+]#[C-]. The molecule has 0 aliphatic rings. The summed E-state index contributed by atoms with van der Waals surface area (Å²) >= 11 is 0. The molecular weight excluding hydrogens is 360 g/mol. The lowest BCUT2D eigenvalue weighted by atomic mass is 10.1. The normalized spacial score (nSPS) is 11.0. The van der Waals surface area contributed by atoms with Crippen LogP contribution in [0.5, 0.6) is 0 Å². The fourth-order valence-electron chi connectivity index (χ4n) is 3.49. The van der Waals surface area contributed by atoms with Gasteiger partial charge in [0.2, 0.25) is 0 Å². The van der Waals surface area contributed by atoms with Crippen LogP contribution in [0.3, 0.4) is 0 Å². The molecule has 0 fully saturated rings. The van der Waals surface area contributed by atoms with E-state index in [2.05, 4.69) is 19.7 Å². The van der Waals surface area contributed by atoms with E-state index in [1.807, 2.05) is 6.07 Å². The quantitative estimate of drug-likeness (QED) is 0.386. The molecule has 5 aromatic rings. The third kappa shape index (κ3) is 1.48. The second-order valence-electron chi connectivity index (χ2n) is 5.89. The van der Waals surface area contributed by atoms with Crippen molar-refractivity contribution in [2.45, 2.75) is 0 Å². The van der Waals surface area contributed by atoms with Crippen molar-refractivity contribution in [3.8, 4) is 12.1 Å². The zero-order chi connectivity index (χ0) is 19.7. The van der Waals surface area contributed by atoms with E-state index in [9.17, 15) is 14.9 Å². The number of rotatable bonds is 0. The van der Waals surface area contributed by atoms with E-state index >= 15 is 0 Å². The van der Waals surface area contributed by atoms with Crippen molar-refractivity contribution in [3.05, 3.63) is 67.1 Å². The van der Waals surface area contributed by atoms with E-state index in [0.717, 1.165) is 8.80 Å². The summed E-state index contributed by atoms with van der Waals surface area (Å²) in [5.74, 6) is -0.369. The molecule has 0 aliphatic carbocycles. The van der Waals surface area contributed by atoms with Crippen molar-refractivity contribution in [2.24, 2.45) is 0 Å². The summed E-state index contributed by atoms with van der Waals surface area (Å²) in [6, 6.07) is 6.47. The Morgan fingerprint density at radius 3 is 2.00 bits per heavy atom. The zero-order valence-electron chi connectivity index (χ0n) is 13.5. The molecule has 4 aromatic heterocycles. The molecule has 5 rings (SSSR count). The Labute approximate surface area is 153 Å². The molecule has 0 saturated heterocycles. The third-order valence-corrected chi connectivity index (χ3v) is 4.64. The molecule has 0 unspecified atom stereocenters. The summed E-state index contributed by atoms with van der Waals surface area (Å²) in [4.78, 5) is 40.2. The number of hydrogen-bond donors (Lipinski definition) is 0. The highest BCUT2D eigenvalue weighted by molar-refractivity contribution is 6.10. The summed E-state index contributed by atoms with van der Waals surface area (Å²) in [6.45, 7) is 14.4. The van der Waals surface area contributed by atoms with Crippen LogP contribution in [0.25, 0.3) is 42.5 Å². The topological polar surface area (TPSA) is 125 Å². The fourth-order valence-corrected chi connectivity index (χ4v) is 3.49. The summed E-state index contributed by atoms with van der Waals surface area (Å²) < 4.78 is 2.10. The van der Waals surface area contributed by atoms with Gasteiger partial charge in [0.05, 0.1) is 16.2 Å². The highest BCUT2D eigenvalue weighted by atomic mass is 16.1. The van der Waals surface area contributed by atoms with Crippen molar-refractivity contribution in [1.82, 2.24) is 18.8 Å². The average Bonchev–Trinajstić information content (AvgIpc) is 3.41. The summed E-state index contributed by atoms with van der Waals surface area (Å²) in [5.41, 5.74) is -1.20. The maximum absolute atomic E-state index is 12.8. The van der Waals surface area contributed by atoms with Crippen molar-refractivity contribution in [3.63, 3.8) is 0 Å². The lowest BCUT2D eigenvalue weighted by molar-refractivity contribution is 1.13. The number of imidazole rings is 2. The van der Waals surface area contributed by atoms with Gasteiger partial charge in [-0.1, -0.05) is 18.1 Å². The minimum absolute atomic E-state index is 0.112. The Morgan fingerprint density at radius 2 is 1.46 bits per heavy atom. The molecule has 0 atom stereocenters. The lowest BCUT2D eigenvalue weighted by Crippen LogP contribution is -2.08. The number of nitrogens with zero attached hydrogens (tertiary/aromatic N) is 8. The molecular formula is C18H2N8O2. The zero-order valence-corrected chi connectivity index (χ0v) is 13.5. The van der Waals surface area contributed by atoms with Crippen molar-refractivity contribution in [2.75, 3.05) is 0 Å². The van der Waals surface area contributed by atoms with E-state index in [1.54, 1.807) is 6.07 Å². The van der Waals surface area contributed by atoms with E-state index < -0.39 is 11.1 Å². The van der Waals surface area contributed by atoms with E-state index in [0.29, 0.717) is 10.8 Å². The van der Waals surface area contributed by atoms with Gasteiger partial charge in [0.15, 0.2) is 17.0 Å². The summed E-state index contributed by atoms with van der Waals surface area (Å²) in [6.07, 6.45) is 0. The molecule has 28 heavy (non-hydrogen) atoms. The highest BCUT2D eigenvalue weighted by Crippen LogP contribution is 2.33. The molecule has 4 heterocycles. The number of benzene rings is 1. The van der Waals surface area contributed by atoms with E-state index in [-0.39, 0.29) is 45.1 Å². The molecule has 0 amide bonds. The van der Waals surface area contributed by atoms with Gasteiger partial charge in [-0.15, -0.1) is 0 Å². The van der Waals surface area contributed by atoms with Crippen LogP contribution < -0.4 is 11.1 Å². The smallest absolute Gasteiger partial charge is 0.333 e. The van der Waals surface area contributed by atoms with E-state index in [1.165, 1.54) is 12.1 Å². The van der Waals surface area contributed by atoms with Gasteiger partial charge < -0.3 is 9.69 Å². The second kappa shape index (κ2) is 4.76. The van der Waals surface area contributed by atoms with Crippen LogP contribution in [-0.4, -0.2) is 18.8 Å². The highest BCUT2D eigenvalue weighted by Gasteiger charge is 2.28. The second-order valence-corrected chi connectivity index (χ2v) is 5.89. The minimum atomic E-state index is -0.549. The fraction of sp³-hybridized carbons (Fsp3) is 0. The van der Waals surface area contributed by atoms with Gasteiger partial charge in [-0.3, -0.25) is 4.79 Å². The molecule has 10 nitrogen and oxygen atoms in total. The average molecular weight is 362 g/mol. The predicted octanol–water partition coefficient (Wildman–Crippen LogP) is 1.73. The Kier molecular flexibility index (Phi) is 2.59. The standard InChI is InChI=1S/C18H2N8O2/c1-21-13-16(22-2)26-15(24-13)8-4-9-7(3-10(8)18(26)28)14-23-11(5-19)12(6-20)25(14)17(9)27/h3-4H. The maximum atomic E-state index is 12.8. The van der Waals surface area contributed by atoms with Gasteiger partial charge in [-0.05, 0) is 12.1 Å². The number of aromatic nitrogens is 4. The minimum Gasteiger partial charge on any atom is -0.372 e. The first-order chi connectivity index (χ1) is 13.5. The Hall–Kier alpha value is -5.06. The lowest BCUT2D eigenvalue weighted by Gasteiger charge is -1.88. The molecule has 0 radical (unpaired) electrons. The molecule has 0 N–H and O–H groups in total. The van der Waals surface area contributed by atoms with Crippen LogP contribution in [-0.2, 0) is 0 Å². The molecule has 1 aromatic carbocycles. The third-order valence-electron chi connectivity index (χ3n) is 4.64. The van der Waals surface area contributed by atoms with E-state index in [4.69, 9.17) is 18.4 Å². The van der Waals surface area contributed by atoms with Crippen molar-refractivity contribution in [1.29, 1.82) is 10.5 Å². The van der Waals surface area contributed by atoms with Crippen LogP contribution in [0, 0.1) is 35.8 Å².